The smallest absolute Gasteiger partial charge is 0.326 e. The van der Waals surface area contributed by atoms with E-state index in [2.05, 4.69) is 25.8 Å². The predicted octanol–water partition coefficient (Wildman–Crippen LogP) is 1.29. The number of aryl methyl sites for hydroxylation is 1. The molecule has 0 aliphatic heterocycles. The number of hydrogen-bond donors (Lipinski definition) is 2. The summed E-state index contributed by atoms with van der Waals surface area (Å²) in [5.74, 6) is -1.30. The van der Waals surface area contributed by atoms with E-state index in [-0.39, 0.29) is 10.5 Å². The number of sulfonamides is 1. The van der Waals surface area contributed by atoms with Crippen molar-refractivity contribution >= 4 is 31.9 Å². The van der Waals surface area contributed by atoms with E-state index in [9.17, 15) is 18.3 Å². The number of carbonyl (C=O) groups is 1. The fourth-order valence-corrected chi connectivity index (χ4v) is 3.48. The van der Waals surface area contributed by atoms with Crippen LogP contribution in [0.4, 0.5) is 0 Å². The molecular weight excluding hydrogens is 362 g/mol. The second kappa shape index (κ2) is 5.96. The summed E-state index contributed by atoms with van der Waals surface area (Å²) >= 11 is 3.18. The first-order chi connectivity index (χ1) is 9.79. The quantitative estimate of drug-likeness (QED) is 0.821. The van der Waals surface area contributed by atoms with Crippen molar-refractivity contribution in [3.8, 4) is 0 Å². The molecule has 0 fully saturated rings. The lowest BCUT2D eigenvalue weighted by Gasteiger charge is -2.13. The molecule has 1 aromatic heterocycles. The standard InChI is InChI=1S/C12H12BrN3O4S/c1-16-7-8(6-14-16)11(12(17)18)15-21(19,20)10-4-2-3-9(13)5-10/h2-7,11,15H,1H3,(H,17,18). The molecule has 0 amide bonds. The number of carboxylic acid groups (broad SMARTS) is 1. The van der Waals surface area contributed by atoms with Gasteiger partial charge >= 0.3 is 5.97 Å². The predicted molar refractivity (Wildman–Crippen MR) is 78.0 cm³/mol. The summed E-state index contributed by atoms with van der Waals surface area (Å²) in [6.07, 6.45) is 2.75. The molecule has 2 aromatic rings. The maximum absolute atomic E-state index is 12.3. The molecule has 1 heterocycles. The Morgan fingerprint density at radius 1 is 1.48 bits per heavy atom. The Morgan fingerprint density at radius 3 is 2.71 bits per heavy atom. The molecule has 0 aliphatic carbocycles. The van der Waals surface area contributed by atoms with E-state index in [1.165, 1.54) is 29.2 Å². The number of nitrogens with one attached hydrogen (secondary N) is 1. The number of benzene rings is 1. The normalized spacial score (nSPS) is 13.0. The van der Waals surface area contributed by atoms with Gasteiger partial charge in [0.2, 0.25) is 10.0 Å². The summed E-state index contributed by atoms with van der Waals surface area (Å²) in [5, 5.41) is 13.1. The van der Waals surface area contributed by atoms with E-state index < -0.39 is 22.0 Å². The third-order valence-corrected chi connectivity index (χ3v) is 4.60. The van der Waals surface area contributed by atoms with Crippen molar-refractivity contribution in [2.24, 2.45) is 7.05 Å². The van der Waals surface area contributed by atoms with Gasteiger partial charge < -0.3 is 5.11 Å². The molecule has 1 aromatic carbocycles. The topological polar surface area (TPSA) is 101 Å². The highest BCUT2D eigenvalue weighted by molar-refractivity contribution is 9.10. The summed E-state index contributed by atoms with van der Waals surface area (Å²) in [6, 6.07) is 4.61. The third-order valence-electron chi connectivity index (χ3n) is 2.68. The van der Waals surface area contributed by atoms with Crippen molar-refractivity contribution in [3.63, 3.8) is 0 Å². The van der Waals surface area contributed by atoms with Crippen LogP contribution in [-0.2, 0) is 21.9 Å². The van der Waals surface area contributed by atoms with Gasteiger partial charge in [0.1, 0.15) is 6.04 Å². The fraction of sp³-hybridized carbons (Fsp3) is 0.167. The fourth-order valence-electron chi connectivity index (χ4n) is 1.71. The first-order valence-corrected chi connectivity index (χ1v) is 8.06. The first-order valence-electron chi connectivity index (χ1n) is 5.79. The Labute approximate surface area is 129 Å². The molecule has 21 heavy (non-hydrogen) atoms. The van der Waals surface area contributed by atoms with Crippen LogP contribution in [-0.4, -0.2) is 29.3 Å². The van der Waals surface area contributed by atoms with Crippen LogP contribution in [0, 0.1) is 0 Å². The summed E-state index contributed by atoms with van der Waals surface area (Å²) in [6.45, 7) is 0. The van der Waals surface area contributed by atoms with E-state index in [0.717, 1.165) is 0 Å². The largest absolute Gasteiger partial charge is 0.480 e. The maximum atomic E-state index is 12.3. The van der Waals surface area contributed by atoms with Crippen LogP contribution in [0.1, 0.15) is 11.6 Å². The minimum atomic E-state index is -3.96. The van der Waals surface area contributed by atoms with Gasteiger partial charge in [-0.3, -0.25) is 9.48 Å². The minimum Gasteiger partial charge on any atom is -0.480 e. The highest BCUT2D eigenvalue weighted by Gasteiger charge is 2.28. The molecule has 0 spiro atoms. The van der Waals surface area contributed by atoms with E-state index in [0.29, 0.717) is 4.47 Å². The maximum Gasteiger partial charge on any atom is 0.326 e. The Hall–Kier alpha value is -1.71. The Bertz CT molecular complexity index is 772. The van der Waals surface area contributed by atoms with Crippen LogP contribution in [0.5, 0.6) is 0 Å². The zero-order chi connectivity index (χ0) is 15.6. The lowest BCUT2D eigenvalue weighted by Crippen LogP contribution is -2.33. The van der Waals surface area contributed by atoms with E-state index in [1.54, 1.807) is 19.2 Å². The lowest BCUT2D eigenvalue weighted by molar-refractivity contribution is -0.139. The Kier molecular flexibility index (Phi) is 4.45. The highest BCUT2D eigenvalue weighted by atomic mass is 79.9. The van der Waals surface area contributed by atoms with Gasteiger partial charge in [0.15, 0.2) is 0 Å². The van der Waals surface area contributed by atoms with Crippen molar-refractivity contribution in [1.29, 1.82) is 0 Å². The van der Waals surface area contributed by atoms with Gasteiger partial charge in [0, 0.05) is 23.3 Å². The molecule has 2 rings (SSSR count). The molecule has 1 atom stereocenters. The second-order valence-electron chi connectivity index (χ2n) is 4.30. The number of hydrogen-bond acceptors (Lipinski definition) is 4. The van der Waals surface area contributed by atoms with Crippen molar-refractivity contribution in [3.05, 3.63) is 46.7 Å². The van der Waals surface area contributed by atoms with Crippen LogP contribution in [0.15, 0.2) is 46.0 Å². The molecule has 9 heteroatoms. The summed E-state index contributed by atoms with van der Waals surface area (Å²) < 4.78 is 28.7. The van der Waals surface area contributed by atoms with Gasteiger partial charge in [-0.15, -0.1) is 0 Å². The third kappa shape index (κ3) is 3.69. The minimum absolute atomic E-state index is 0.0213. The van der Waals surface area contributed by atoms with Crippen molar-refractivity contribution in [2.45, 2.75) is 10.9 Å². The van der Waals surface area contributed by atoms with Gasteiger partial charge in [-0.25, -0.2) is 8.42 Å². The van der Waals surface area contributed by atoms with Gasteiger partial charge in [-0.1, -0.05) is 22.0 Å². The van der Waals surface area contributed by atoms with Gasteiger partial charge in [0.05, 0.1) is 11.1 Å². The van der Waals surface area contributed by atoms with Crippen LogP contribution in [0.25, 0.3) is 0 Å². The van der Waals surface area contributed by atoms with Gasteiger partial charge in [-0.2, -0.15) is 9.82 Å². The van der Waals surface area contributed by atoms with Gasteiger partial charge in [0.25, 0.3) is 0 Å². The molecule has 0 saturated heterocycles. The number of nitrogens with zero attached hydrogens (tertiary/aromatic N) is 2. The summed E-state index contributed by atoms with van der Waals surface area (Å²) in [7, 11) is -2.35. The summed E-state index contributed by atoms with van der Waals surface area (Å²) in [5.41, 5.74) is 0.253. The molecule has 0 bridgehead atoms. The van der Waals surface area contributed by atoms with Crippen LogP contribution >= 0.6 is 15.9 Å². The molecule has 2 N–H and O–H groups in total. The second-order valence-corrected chi connectivity index (χ2v) is 6.93. The van der Waals surface area contributed by atoms with Crippen LogP contribution in [0.2, 0.25) is 0 Å². The molecule has 0 saturated carbocycles. The number of aliphatic carboxylic acids is 1. The van der Waals surface area contributed by atoms with E-state index in [1.807, 2.05) is 0 Å². The molecule has 0 radical (unpaired) electrons. The molecule has 0 aliphatic rings. The van der Waals surface area contributed by atoms with Crippen molar-refractivity contribution < 1.29 is 18.3 Å². The highest BCUT2D eigenvalue weighted by Crippen LogP contribution is 2.20. The Morgan fingerprint density at radius 2 is 2.19 bits per heavy atom. The van der Waals surface area contributed by atoms with Crippen LogP contribution in [0.3, 0.4) is 0 Å². The average Bonchev–Trinajstić information content (AvgIpc) is 2.82. The Balaban J connectivity index is 2.34. The molecule has 1 unspecified atom stereocenters. The number of carboxylic acids is 1. The molecular formula is C12H12BrN3O4S. The van der Waals surface area contributed by atoms with E-state index >= 15 is 0 Å². The first kappa shape index (κ1) is 15.7. The van der Waals surface area contributed by atoms with Crippen molar-refractivity contribution in [2.75, 3.05) is 0 Å². The number of rotatable bonds is 5. The van der Waals surface area contributed by atoms with Crippen LogP contribution < -0.4 is 4.72 Å². The zero-order valence-corrected chi connectivity index (χ0v) is 13.3. The average molecular weight is 374 g/mol. The summed E-state index contributed by atoms with van der Waals surface area (Å²) in [4.78, 5) is 11.3. The zero-order valence-electron chi connectivity index (χ0n) is 10.9. The number of aromatic nitrogens is 2. The van der Waals surface area contributed by atoms with Gasteiger partial charge in [-0.05, 0) is 18.2 Å². The monoisotopic (exact) mass is 373 g/mol. The van der Waals surface area contributed by atoms with E-state index in [4.69, 9.17) is 0 Å². The number of halogens is 1. The lowest BCUT2D eigenvalue weighted by atomic mass is 10.2. The van der Waals surface area contributed by atoms with Crippen molar-refractivity contribution in [1.82, 2.24) is 14.5 Å². The molecule has 112 valence electrons. The SMILES string of the molecule is Cn1cc(C(NS(=O)(=O)c2cccc(Br)c2)C(=O)O)cn1. The molecule has 7 nitrogen and oxygen atoms in total.